The van der Waals surface area contributed by atoms with Crippen LogP contribution in [0.15, 0.2) is 61.1 Å². The SMILES string of the molecule is COc1ccc(C2[C@H]3C(=O)N(C)C(=O)[C@H]3C(Cc3cnc[nH]3)(C(=O)O)N2C(=O)c2ccccc2C2CC2)cc1. The number of carboxylic acids is 1. The molecule has 3 heterocycles. The lowest BCUT2D eigenvalue weighted by atomic mass is 9.76. The molecule has 3 aliphatic rings. The number of aromatic amines is 1. The maximum Gasteiger partial charge on any atom is 0.330 e. The molecule has 6 rings (SSSR count). The van der Waals surface area contributed by atoms with Gasteiger partial charge in [-0.05, 0) is 48.1 Å². The van der Waals surface area contributed by atoms with Crippen LogP contribution in [0.5, 0.6) is 5.75 Å². The second kappa shape index (κ2) is 9.07. The highest BCUT2D eigenvalue weighted by Gasteiger charge is 2.73. The first-order chi connectivity index (χ1) is 18.8. The van der Waals surface area contributed by atoms with Gasteiger partial charge in [0.1, 0.15) is 5.75 Å². The Morgan fingerprint density at radius 2 is 1.82 bits per heavy atom. The molecule has 200 valence electrons. The van der Waals surface area contributed by atoms with Gasteiger partial charge in [-0.1, -0.05) is 30.3 Å². The number of imide groups is 1. The Balaban J connectivity index is 1.61. The quantitative estimate of drug-likeness (QED) is 0.451. The van der Waals surface area contributed by atoms with E-state index in [1.165, 1.54) is 31.6 Å². The van der Waals surface area contributed by atoms with Gasteiger partial charge in [-0.2, -0.15) is 0 Å². The Bertz CT molecular complexity index is 1470. The first-order valence-corrected chi connectivity index (χ1v) is 12.9. The number of nitrogens with zero attached hydrogens (tertiary/aromatic N) is 3. The van der Waals surface area contributed by atoms with Crippen molar-refractivity contribution in [2.24, 2.45) is 11.8 Å². The molecule has 2 aromatic carbocycles. The minimum Gasteiger partial charge on any atom is -0.497 e. The molecule has 2 N–H and O–H groups in total. The number of methoxy groups -OCH3 is 1. The Labute approximate surface area is 224 Å². The number of ether oxygens (including phenoxy) is 1. The third kappa shape index (κ3) is 3.65. The van der Waals surface area contributed by atoms with Crippen LogP contribution in [0.2, 0.25) is 0 Å². The Hall–Kier alpha value is -4.47. The average Bonchev–Trinajstić information content (AvgIpc) is 3.52. The zero-order valence-corrected chi connectivity index (χ0v) is 21.5. The number of H-pyrrole nitrogens is 1. The molecule has 3 fully saturated rings. The van der Waals surface area contributed by atoms with Gasteiger partial charge in [-0.3, -0.25) is 19.3 Å². The van der Waals surface area contributed by atoms with Gasteiger partial charge < -0.3 is 19.7 Å². The number of hydrogen-bond donors (Lipinski definition) is 2. The summed E-state index contributed by atoms with van der Waals surface area (Å²) < 4.78 is 5.30. The summed E-state index contributed by atoms with van der Waals surface area (Å²) in [6, 6.07) is 13.1. The van der Waals surface area contributed by atoms with Gasteiger partial charge in [0.15, 0.2) is 5.54 Å². The molecule has 2 saturated heterocycles. The Kier molecular flexibility index (Phi) is 5.78. The van der Waals surface area contributed by atoms with Gasteiger partial charge in [0.2, 0.25) is 11.8 Å². The van der Waals surface area contributed by atoms with Crippen LogP contribution in [-0.2, 0) is 20.8 Å². The normalized spacial score (nSPS) is 26.2. The molecule has 3 amide bonds. The number of carbonyl (C=O) groups excluding carboxylic acids is 3. The molecule has 1 aromatic heterocycles. The van der Waals surface area contributed by atoms with Crippen molar-refractivity contribution in [3.63, 3.8) is 0 Å². The smallest absolute Gasteiger partial charge is 0.330 e. The van der Waals surface area contributed by atoms with Crippen LogP contribution in [0, 0.1) is 11.8 Å². The van der Waals surface area contributed by atoms with E-state index < -0.39 is 47.1 Å². The van der Waals surface area contributed by atoms with Crippen LogP contribution in [0.25, 0.3) is 0 Å². The first kappa shape index (κ1) is 24.8. The van der Waals surface area contributed by atoms with Gasteiger partial charge in [0, 0.05) is 30.9 Å². The number of fused-ring (bicyclic) bond motifs is 1. The largest absolute Gasteiger partial charge is 0.497 e. The van der Waals surface area contributed by atoms with Gasteiger partial charge in [0.05, 0.1) is 31.3 Å². The summed E-state index contributed by atoms with van der Waals surface area (Å²) in [6.07, 6.45) is 4.56. The van der Waals surface area contributed by atoms with E-state index in [9.17, 15) is 24.3 Å². The molecular weight excluding hydrogens is 500 g/mol. The zero-order valence-electron chi connectivity index (χ0n) is 21.5. The van der Waals surface area contributed by atoms with E-state index in [1.54, 1.807) is 36.4 Å². The average molecular weight is 529 g/mol. The minimum atomic E-state index is -2.05. The molecule has 0 radical (unpaired) electrons. The second-order valence-electron chi connectivity index (χ2n) is 10.5. The van der Waals surface area contributed by atoms with Crippen molar-refractivity contribution in [3.8, 4) is 5.75 Å². The maximum atomic E-state index is 14.7. The van der Waals surface area contributed by atoms with Crippen LogP contribution in [-0.4, -0.2) is 68.3 Å². The summed E-state index contributed by atoms with van der Waals surface area (Å²) in [6.45, 7) is 0. The van der Waals surface area contributed by atoms with Crippen LogP contribution < -0.4 is 4.74 Å². The van der Waals surface area contributed by atoms with E-state index in [1.807, 2.05) is 12.1 Å². The lowest BCUT2D eigenvalue weighted by molar-refractivity contribution is -0.156. The highest BCUT2D eigenvalue weighted by Crippen LogP contribution is 2.57. The maximum absolute atomic E-state index is 14.7. The number of carbonyl (C=O) groups is 4. The molecule has 10 nitrogen and oxygen atoms in total. The van der Waals surface area contributed by atoms with E-state index in [0.29, 0.717) is 22.6 Å². The van der Waals surface area contributed by atoms with Crippen molar-refractivity contribution in [1.82, 2.24) is 19.8 Å². The fourth-order valence-electron chi connectivity index (χ4n) is 6.43. The highest BCUT2D eigenvalue weighted by molar-refractivity contribution is 6.12. The number of imidazole rings is 1. The summed E-state index contributed by atoms with van der Waals surface area (Å²) in [5.74, 6) is -4.57. The number of carboxylic acid groups (broad SMARTS) is 1. The van der Waals surface area contributed by atoms with Crippen LogP contribution >= 0.6 is 0 Å². The van der Waals surface area contributed by atoms with Crippen molar-refractivity contribution < 1.29 is 29.0 Å². The number of amides is 3. The van der Waals surface area contributed by atoms with Crippen molar-refractivity contribution >= 4 is 23.7 Å². The number of likely N-dealkylation sites (tertiary alicyclic amines) is 2. The van der Waals surface area contributed by atoms with E-state index in [4.69, 9.17) is 4.74 Å². The molecule has 10 heteroatoms. The third-order valence-corrected chi connectivity index (χ3v) is 8.40. The molecule has 2 unspecified atom stereocenters. The fourth-order valence-corrected chi connectivity index (χ4v) is 6.43. The molecular formula is C29H28N4O6. The monoisotopic (exact) mass is 528 g/mol. The molecule has 3 aromatic rings. The van der Waals surface area contributed by atoms with Crippen molar-refractivity contribution in [2.75, 3.05) is 14.2 Å². The number of hydrogen-bond acceptors (Lipinski definition) is 6. The molecule has 0 bridgehead atoms. The Morgan fingerprint density at radius 1 is 1.10 bits per heavy atom. The minimum absolute atomic E-state index is 0.216. The summed E-state index contributed by atoms with van der Waals surface area (Å²) >= 11 is 0. The molecule has 39 heavy (non-hydrogen) atoms. The number of benzene rings is 2. The molecule has 4 atom stereocenters. The third-order valence-electron chi connectivity index (χ3n) is 8.40. The lowest BCUT2D eigenvalue weighted by Gasteiger charge is -2.41. The molecule has 1 aliphatic carbocycles. The van der Waals surface area contributed by atoms with E-state index >= 15 is 0 Å². The van der Waals surface area contributed by atoms with Gasteiger partial charge in [-0.25, -0.2) is 9.78 Å². The summed E-state index contributed by atoms with van der Waals surface area (Å²) in [4.78, 5) is 64.7. The van der Waals surface area contributed by atoms with Crippen molar-refractivity contribution in [1.29, 1.82) is 0 Å². The highest BCUT2D eigenvalue weighted by atomic mass is 16.5. The number of aliphatic carboxylic acids is 1. The van der Waals surface area contributed by atoms with Crippen LogP contribution in [0.4, 0.5) is 0 Å². The number of nitrogens with one attached hydrogen (secondary N) is 1. The van der Waals surface area contributed by atoms with Gasteiger partial charge >= 0.3 is 5.97 Å². The Morgan fingerprint density at radius 3 is 2.44 bits per heavy atom. The van der Waals surface area contributed by atoms with Crippen LogP contribution in [0.3, 0.4) is 0 Å². The number of rotatable bonds is 7. The van der Waals surface area contributed by atoms with Crippen molar-refractivity contribution in [3.05, 3.63) is 83.4 Å². The molecule has 2 aliphatic heterocycles. The second-order valence-corrected chi connectivity index (χ2v) is 10.5. The first-order valence-electron chi connectivity index (χ1n) is 12.9. The van der Waals surface area contributed by atoms with Crippen LogP contribution in [0.1, 0.15) is 52.0 Å². The van der Waals surface area contributed by atoms with E-state index in [0.717, 1.165) is 23.3 Å². The summed E-state index contributed by atoms with van der Waals surface area (Å²) in [5.41, 5.74) is 0.181. The van der Waals surface area contributed by atoms with Crippen molar-refractivity contribution in [2.45, 2.75) is 36.8 Å². The lowest BCUT2D eigenvalue weighted by Crippen LogP contribution is -2.60. The fraction of sp³-hybridized carbons (Fsp3) is 0.345. The van der Waals surface area contributed by atoms with E-state index in [-0.39, 0.29) is 12.3 Å². The van der Waals surface area contributed by atoms with Gasteiger partial charge in [0.25, 0.3) is 5.91 Å². The molecule has 1 saturated carbocycles. The van der Waals surface area contributed by atoms with E-state index in [2.05, 4.69) is 9.97 Å². The number of aromatic nitrogens is 2. The summed E-state index contributed by atoms with van der Waals surface area (Å²) in [5, 5.41) is 11.0. The molecule has 0 spiro atoms. The summed E-state index contributed by atoms with van der Waals surface area (Å²) in [7, 11) is 2.89. The predicted molar refractivity (Wildman–Crippen MR) is 138 cm³/mol. The van der Waals surface area contributed by atoms with Gasteiger partial charge in [-0.15, -0.1) is 0 Å². The standard InChI is InChI=1S/C29H28N4O6/c1-32-26(35)22-23(27(32)36)29(28(37)38,13-18-14-30-15-31-18)33(24(22)17-9-11-19(39-2)12-10-17)25(34)21-6-4-3-5-20(21)16-7-8-16/h3-6,9-12,14-16,22-24H,7-8,13H2,1-2H3,(H,30,31)(H,37,38)/t22-,23-,24?,29?/m0/s1. The predicted octanol–water partition coefficient (Wildman–Crippen LogP) is 2.79. The topological polar surface area (TPSA) is 133 Å². The zero-order chi connectivity index (χ0) is 27.5.